The van der Waals surface area contributed by atoms with E-state index in [9.17, 15) is 4.79 Å². The van der Waals surface area contributed by atoms with Crippen molar-refractivity contribution >= 4 is 11.6 Å². The summed E-state index contributed by atoms with van der Waals surface area (Å²) in [6, 6.07) is 4.59. The van der Waals surface area contributed by atoms with Crippen LogP contribution < -0.4 is 15.8 Å². The highest BCUT2D eigenvalue weighted by Crippen LogP contribution is 2.34. The number of ether oxygens (including phenoxy) is 1. The fraction of sp³-hybridized carbons (Fsp3) is 0.650. The lowest BCUT2D eigenvalue weighted by molar-refractivity contribution is 0.0790. The van der Waals surface area contributed by atoms with Crippen LogP contribution in [0, 0.1) is 0 Å². The summed E-state index contributed by atoms with van der Waals surface area (Å²) in [7, 11) is 2.20. The summed E-state index contributed by atoms with van der Waals surface area (Å²) in [6.45, 7) is 5.30. The molecule has 1 aromatic carbocycles. The normalized spacial score (nSPS) is 27.0. The molecule has 1 aliphatic carbocycles. The van der Waals surface area contributed by atoms with Gasteiger partial charge in [0.15, 0.2) is 0 Å². The van der Waals surface area contributed by atoms with Gasteiger partial charge in [0.1, 0.15) is 5.75 Å². The van der Waals surface area contributed by atoms with Gasteiger partial charge in [-0.2, -0.15) is 0 Å². The number of fused-ring (bicyclic) bond motifs is 1. The summed E-state index contributed by atoms with van der Waals surface area (Å²) in [6.07, 6.45) is 5.25. The highest BCUT2D eigenvalue weighted by Gasteiger charge is 2.29. The summed E-state index contributed by atoms with van der Waals surface area (Å²) in [5.41, 5.74) is 8.28. The van der Waals surface area contributed by atoms with Crippen LogP contribution in [-0.2, 0) is 6.42 Å². The Balaban J connectivity index is 1.32. The molecule has 6 nitrogen and oxygen atoms in total. The predicted molar refractivity (Wildman–Crippen MR) is 103 cm³/mol. The molecule has 2 fully saturated rings. The van der Waals surface area contributed by atoms with Crippen LogP contribution in [0.3, 0.4) is 0 Å². The van der Waals surface area contributed by atoms with Crippen LogP contribution in [0.1, 0.15) is 41.6 Å². The van der Waals surface area contributed by atoms with Crippen LogP contribution in [0.25, 0.3) is 0 Å². The van der Waals surface area contributed by atoms with E-state index in [4.69, 9.17) is 10.5 Å². The Bertz CT molecular complexity index is 662. The zero-order chi connectivity index (χ0) is 18.1. The number of hydrogen-bond donors (Lipinski definition) is 2. The van der Waals surface area contributed by atoms with Gasteiger partial charge in [-0.1, -0.05) is 0 Å². The first kappa shape index (κ1) is 17.6. The van der Waals surface area contributed by atoms with Gasteiger partial charge in [-0.25, -0.2) is 0 Å². The number of amides is 1. The molecule has 142 valence electrons. The minimum atomic E-state index is 0.0230. The van der Waals surface area contributed by atoms with E-state index in [-0.39, 0.29) is 11.9 Å². The van der Waals surface area contributed by atoms with Gasteiger partial charge in [-0.05, 0) is 44.9 Å². The first-order valence-corrected chi connectivity index (χ1v) is 9.89. The van der Waals surface area contributed by atoms with E-state index >= 15 is 0 Å². The molecule has 2 aliphatic heterocycles. The van der Waals surface area contributed by atoms with Crippen LogP contribution in [0.4, 0.5) is 5.69 Å². The second kappa shape index (κ2) is 7.45. The number of nitrogen functional groups attached to an aromatic ring is 1. The number of hydrogen-bond acceptors (Lipinski definition) is 5. The Kier molecular flexibility index (Phi) is 5.05. The van der Waals surface area contributed by atoms with Gasteiger partial charge in [0.2, 0.25) is 0 Å². The van der Waals surface area contributed by atoms with Crippen LogP contribution in [-0.4, -0.2) is 67.6 Å². The Morgan fingerprint density at radius 2 is 1.88 bits per heavy atom. The number of rotatable bonds is 3. The standard InChI is InChI=1S/C20H30N4O2/c1-23-9-11-24(12-10-23)15-4-2-14(3-5-15)22-20(25)17-6-7-18(21)19-16(17)8-13-26-19/h6-7,14-15H,2-5,8-13,21H2,1H3,(H,22,25). The van der Waals surface area contributed by atoms with E-state index < -0.39 is 0 Å². The molecule has 6 heteroatoms. The lowest BCUT2D eigenvalue weighted by Crippen LogP contribution is -2.51. The van der Waals surface area contributed by atoms with Gasteiger partial charge in [-0.15, -0.1) is 0 Å². The topological polar surface area (TPSA) is 70.8 Å². The molecule has 1 amide bonds. The maximum atomic E-state index is 12.8. The Labute approximate surface area is 155 Å². The summed E-state index contributed by atoms with van der Waals surface area (Å²) in [5, 5.41) is 3.25. The van der Waals surface area contributed by atoms with Gasteiger partial charge >= 0.3 is 0 Å². The van der Waals surface area contributed by atoms with E-state index in [2.05, 4.69) is 22.2 Å². The van der Waals surface area contributed by atoms with Crippen LogP contribution in [0.15, 0.2) is 12.1 Å². The van der Waals surface area contributed by atoms with Crippen molar-refractivity contribution in [3.63, 3.8) is 0 Å². The zero-order valence-corrected chi connectivity index (χ0v) is 15.7. The predicted octanol–water partition coefficient (Wildman–Crippen LogP) is 1.49. The van der Waals surface area contributed by atoms with Gasteiger partial charge in [0.25, 0.3) is 5.91 Å². The molecule has 26 heavy (non-hydrogen) atoms. The average Bonchev–Trinajstić information content (AvgIpc) is 3.14. The monoisotopic (exact) mass is 358 g/mol. The van der Waals surface area contributed by atoms with Crippen molar-refractivity contribution in [3.8, 4) is 5.75 Å². The number of carbonyl (C=O) groups excluding carboxylic acids is 1. The third-order valence-electron chi connectivity index (χ3n) is 6.22. The van der Waals surface area contributed by atoms with Crippen molar-refractivity contribution in [3.05, 3.63) is 23.3 Å². The van der Waals surface area contributed by atoms with Crippen molar-refractivity contribution in [2.75, 3.05) is 45.6 Å². The fourth-order valence-electron chi connectivity index (χ4n) is 4.57. The highest BCUT2D eigenvalue weighted by atomic mass is 16.5. The molecular weight excluding hydrogens is 328 g/mol. The molecular formula is C20H30N4O2. The smallest absolute Gasteiger partial charge is 0.251 e. The molecule has 3 N–H and O–H groups in total. The molecule has 1 aromatic rings. The summed E-state index contributed by atoms with van der Waals surface area (Å²) < 4.78 is 5.58. The number of benzene rings is 1. The third-order valence-corrected chi connectivity index (χ3v) is 6.22. The van der Waals surface area contributed by atoms with Gasteiger partial charge in [0, 0.05) is 55.8 Å². The van der Waals surface area contributed by atoms with Crippen molar-refractivity contribution in [2.24, 2.45) is 0 Å². The van der Waals surface area contributed by atoms with E-state index in [1.54, 1.807) is 6.07 Å². The van der Waals surface area contributed by atoms with E-state index in [1.807, 2.05) is 6.07 Å². The van der Waals surface area contributed by atoms with E-state index in [0.29, 0.717) is 24.1 Å². The van der Waals surface area contributed by atoms with Crippen LogP contribution in [0.2, 0.25) is 0 Å². The summed E-state index contributed by atoms with van der Waals surface area (Å²) in [5.74, 6) is 0.728. The number of anilines is 1. The molecule has 0 atom stereocenters. The molecule has 2 heterocycles. The minimum Gasteiger partial charge on any atom is -0.491 e. The first-order valence-electron chi connectivity index (χ1n) is 9.89. The Hall–Kier alpha value is -1.79. The average molecular weight is 358 g/mol. The number of nitrogens with one attached hydrogen (secondary N) is 1. The Morgan fingerprint density at radius 1 is 1.15 bits per heavy atom. The molecule has 3 aliphatic rings. The molecule has 0 aromatic heterocycles. The largest absolute Gasteiger partial charge is 0.491 e. The number of likely N-dealkylation sites (N-methyl/N-ethyl adjacent to an activating group) is 1. The molecule has 0 bridgehead atoms. The lowest BCUT2D eigenvalue weighted by Gasteiger charge is -2.41. The van der Waals surface area contributed by atoms with Crippen molar-refractivity contribution in [2.45, 2.75) is 44.2 Å². The van der Waals surface area contributed by atoms with E-state index in [1.165, 1.54) is 39.0 Å². The minimum absolute atomic E-state index is 0.0230. The zero-order valence-electron chi connectivity index (χ0n) is 15.7. The third kappa shape index (κ3) is 3.53. The van der Waals surface area contributed by atoms with Crippen LogP contribution >= 0.6 is 0 Å². The lowest BCUT2D eigenvalue weighted by atomic mass is 9.89. The number of piperazine rings is 1. The maximum absolute atomic E-state index is 12.8. The second-order valence-corrected chi connectivity index (χ2v) is 7.93. The molecule has 0 unspecified atom stereocenters. The van der Waals surface area contributed by atoms with Gasteiger partial charge in [-0.3, -0.25) is 9.69 Å². The molecule has 4 rings (SSSR count). The Morgan fingerprint density at radius 3 is 2.62 bits per heavy atom. The summed E-state index contributed by atoms with van der Waals surface area (Å²) >= 11 is 0. The molecule has 1 saturated heterocycles. The fourth-order valence-corrected chi connectivity index (χ4v) is 4.57. The van der Waals surface area contributed by atoms with Crippen molar-refractivity contribution < 1.29 is 9.53 Å². The quantitative estimate of drug-likeness (QED) is 0.801. The van der Waals surface area contributed by atoms with Crippen LogP contribution in [0.5, 0.6) is 5.75 Å². The van der Waals surface area contributed by atoms with Crippen molar-refractivity contribution in [1.82, 2.24) is 15.1 Å². The van der Waals surface area contributed by atoms with Gasteiger partial charge < -0.3 is 20.7 Å². The number of nitrogens with zero attached hydrogens (tertiary/aromatic N) is 2. The molecule has 0 spiro atoms. The SMILES string of the molecule is CN1CCN(C2CCC(NC(=O)c3ccc(N)c4c3CCO4)CC2)CC1. The van der Waals surface area contributed by atoms with Gasteiger partial charge in [0.05, 0.1) is 12.3 Å². The maximum Gasteiger partial charge on any atom is 0.251 e. The second-order valence-electron chi connectivity index (χ2n) is 7.93. The summed E-state index contributed by atoms with van der Waals surface area (Å²) in [4.78, 5) is 17.8. The van der Waals surface area contributed by atoms with E-state index in [0.717, 1.165) is 30.4 Å². The van der Waals surface area contributed by atoms with Crippen molar-refractivity contribution in [1.29, 1.82) is 0 Å². The number of nitrogens with two attached hydrogens (primary N) is 1. The molecule has 1 saturated carbocycles. The number of carbonyl (C=O) groups is 1. The highest BCUT2D eigenvalue weighted by molar-refractivity contribution is 5.97. The first-order chi connectivity index (χ1) is 12.6. The molecule has 0 radical (unpaired) electrons.